The maximum Gasteiger partial charge on any atom is 0.417 e. The molecule has 3 heterocycles. The van der Waals surface area contributed by atoms with Gasteiger partial charge < -0.3 is 10.2 Å². The highest BCUT2D eigenvalue weighted by molar-refractivity contribution is 7.89. The predicted molar refractivity (Wildman–Crippen MR) is 116 cm³/mol. The predicted octanol–water partition coefficient (Wildman–Crippen LogP) is 3.28. The van der Waals surface area contributed by atoms with Crippen LogP contribution in [0.2, 0.25) is 0 Å². The van der Waals surface area contributed by atoms with Gasteiger partial charge in [-0.1, -0.05) is 0 Å². The van der Waals surface area contributed by atoms with E-state index in [1.807, 2.05) is 4.90 Å². The molecule has 33 heavy (non-hydrogen) atoms. The second-order valence-electron chi connectivity index (χ2n) is 8.27. The van der Waals surface area contributed by atoms with Crippen LogP contribution in [-0.4, -0.2) is 55.8 Å². The highest BCUT2D eigenvalue weighted by Crippen LogP contribution is 2.30. The van der Waals surface area contributed by atoms with Gasteiger partial charge in [-0.05, 0) is 62.1 Å². The number of carbonyl (C=O) groups excluding carboxylic acids is 1. The van der Waals surface area contributed by atoms with Crippen LogP contribution in [0.5, 0.6) is 0 Å². The fourth-order valence-corrected chi connectivity index (χ4v) is 5.64. The minimum Gasteiger partial charge on any atom is -0.356 e. The first kappa shape index (κ1) is 23.5. The topological polar surface area (TPSA) is 82.6 Å². The van der Waals surface area contributed by atoms with Crippen LogP contribution in [0.4, 0.5) is 19.0 Å². The van der Waals surface area contributed by atoms with Gasteiger partial charge in [0.05, 0.1) is 10.5 Å². The maximum absolute atomic E-state index is 12.7. The number of sulfonamides is 1. The summed E-state index contributed by atoms with van der Waals surface area (Å²) in [6.07, 6.45) is -0.636. The van der Waals surface area contributed by atoms with Crippen LogP contribution in [-0.2, 0) is 16.2 Å². The number of rotatable bonds is 5. The van der Waals surface area contributed by atoms with Crippen LogP contribution >= 0.6 is 0 Å². The monoisotopic (exact) mass is 482 g/mol. The van der Waals surface area contributed by atoms with E-state index in [2.05, 4.69) is 10.3 Å². The number of nitrogens with one attached hydrogen (secondary N) is 1. The van der Waals surface area contributed by atoms with E-state index in [-0.39, 0.29) is 16.8 Å². The molecule has 0 aliphatic carbocycles. The molecule has 0 radical (unpaired) electrons. The summed E-state index contributed by atoms with van der Waals surface area (Å²) in [6.45, 7) is 2.14. The number of pyridine rings is 1. The van der Waals surface area contributed by atoms with Gasteiger partial charge in [0, 0.05) is 44.0 Å². The molecule has 4 rings (SSSR count). The van der Waals surface area contributed by atoms with Crippen LogP contribution in [0.1, 0.15) is 41.6 Å². The van der Waals surface area contributed by atoms with Gasteiger partial charge >= 0.3 is 6.18 Å². The Labute approximate surface area is 190 Å². The number of halogens is 3. The molecule has 2 aromatic rings. The summed E-state index contributed by atoms with van der Waals surface area (Å²) in [5, 5.41) is 2.95. The van der Waals surface area contributed by atoms with Gasteiger partial charge in [0.1, 0.15) is 5.82 Å². The van der Waals surface area contributed by atoms with Gasteiger partial charge in [0.15, 0.2) is 0 Å². The maximum atomic E-state index is 12.7. The Morgan fingerprint density at radius 3 is 2.15 bits per heavy atom. The second kappa shape index (κ2) is 9.30. The number of alkyl halides is 3. The van der Waals surface area contributed by atoms with Gasteiger partial charge in [-0.25, -0.2) is 13.4 Å². The van der Waals surface area contributed by atoms with Gasteiger partial charge in [-0.15, -0.1) is 0 Å². The molecule has 0 spiro atoms. The molecule has 1 N–H and O–H groups in total. The molecule has 0 unspecified atom stereocenters. The summed E-state index contributed by atoms with van der Waals surface area (Å²) >= 11 is 0. The van der Waals surface area contributed by atoms with Crippen molar-refractivity contribution in [2.45, 2.75) is 42.8 Å². The third-order valence-electron chi connectivity index (χ3n) is 6.05. The summed E-state index contributed by atoms with van der Waals surface area (Å²) < 4.78 is 64.8. The van der Waals surface area contributed by atoms with Crippen molar-refractivity contribution in [3.8, 4) is 0 Å². The SMILES string of the molecule is O=C(NC1CCN(c2ccc(C(F)(F)F)cn2)CC1)c1ccc(S(=O)(=O)N2CCCC2)cc1. The number of anilines is 1. The molecular formula is C22H25F3N4O3S. The molecule has 1 aromatic heterocycles. The summed E-state index contributed by atoms with van der Waals surface area (Å²) in [5.74, 6) is 0.189. The average Bonchev–Trinajstić information content (AvgIpc) is 3.35. The summed E-state index contributed by atoms with van der Waals surface area (Å²) in [4.78, 5) is 18.6. The lowest BCUT2D eigenvalue weighted by Gasteiger charge is -2.33. The Bertz CT molecular complexity index is 1080. The normalized spacial score (nSPS) is 18.5. The van der Waals surface area contributed by atoms with E-state index in [9.17, 15) is 26.4 Å². The number of hydrogen-bond acceptors (Lipinski definition) is 5. The molecule has 1 aromatic carbocycles. The van der Waals surface area contributed by atoms with Crippen molar-refractivity contribution < 1.29 is 26.4 Å². The highest BCUT2D eigenvalue weighted by Gasteiger charge is 2.31. The number of nitrogens with zero attached hydrogens (tertiary/aromatic N) is 3. The van der Waals surface area contributed by atoms with E-state index in [1.165, 1.54) is 34.6 Å². The first-order valence-corrected chi connectivity index (χ1v) is 12.3. The summed E-state index contributed by atoms with van der Waals surface area (Å²) in [6, 6.07) is 8.24. The van der Waals surface area contributed by atoms with Crippen LogP contribution in [0, 0.1) is 0 Å². The van der Waals surface area contributed by atoms with E-state index in [0.29, 0.717) is 50.4 Å². The minimum absolute atomic E-state index is 0.0868. The number of aromatic nitrogens is 1. The lowest BCUT2D eigenvalue weighted by Crippen LogP contribution is -2.45. The Morgan fingerprint density at radius 1 is 0.970 bits per heavy atom. The molecule has 178 valence electrons. The van der Waals surface area contributed by atoms with Gasteiger partial charge in [-0.2, -0.15) is 17.5 Å². The molecule has 0 bridgehead atoms. The Balaban J connectivity index is 1.31. The number of benzene rings is 1. The number of piperidine rings is 1. The van der Waals surface area contributed by atoms with Crippen LogP contribution in [0.25, 0.3) is 0 Å². The molecular weight excluding hydrogens is 457 g/mol. The zero-order chi connectivity index (χ0) is 23.6. The van der Waals surface area contributed by atoms with Gasteiger partial charge in [0.25, 0.3) is 5.91 Å². The highest BCUT2D eigenvalue weighted by atomic mass is 32.2. The van der Waals surface area contributed by atoms with Crippen molar-refractivity contribution >= 4 is 21.7 Å². The average molecular weight is 483 g/mol. The second-order valence-corrected chi connectivity index (χ2v) is 10.2. The standard InChI is InChI=1S/C22H25F3N4O3S/c23-22(24,25)17-5-8-20(26-15-17)28-13-9-18(10-14-28)27-21(30)16-3-6-19(7-4-16)33(31,32)29-11-1-2-12-29/h3-8,15,18H,1-2,9-14H2,(H,27,30). The molecule has 11 heteroatoms. The zero-order valence-corrected chi connectivity index (χ0v) is 18.7. The van der Waals surface area contributed by atoms with Crippen LogP contribution in [0.3, 0.4) is 0 Å². The molecule has 2 saturated heterocycles. The third-order valence-corrected chi connectivity index (χ3v) is 7.96. The zero-order valence-electron chi connectivity index (χ0n) is 17.9. The number of amides is 1. The first-order valence-electron chi connectivity index (χ1n) is 10.8. The molecule has 2 fully saturated rings. The summed E-state index contributed by atoms with van der Waals surface area (Å²) in [7, 11) is -3.52. The Kier molecular flexibility index (Phi) is 6.62. The van der Waals surface area contributed by atoms with Crippen LogP contribution in [0.15, 0.2) is 47.5 Å². The molecule has 1 amide bonds. The molecule has 2 aliphatic rings. The van der Waals surface area contributed by atoms with Crippen molar-refractivity contribution in [1.82, 2.24) is 14.6 Å². The lowest BCUT2D eigenvalue weighted by molar-refractivity contribution is -0.137. The Morgan fingerprint density at radius 2 is 1.61 bits per heavy atom. The van der Waals surface area contributed by atoms with Crippen molar-refractivity contribution in [2.24, 2.45) is 0 Å². The largest absolute Gasteiger partial charge is 0.417 e. The van der Waals surface area contributed by atoms with Gasteiger partial charge in [-0.3, -0.25) is 4.79 Å². The number of carbonyl (C=O) groups is 1. The Hall–Kier alpha value is -2.66. The lowest BCUT2D eigenvalue weighted by atomic mass is 10.0. The summed E-state index contributed by atoms with van der Waals surface area (Å²) in [5.41, 5.74) is -0.408. The van der Waals surface area contributed by atoms with Crippen molar-refractivity contribution in [1.29, 1.82) is 0 Å². The quantitative estimate of drug-likeness (QED) is 0.707. The number of hydrogen-bond donors (Lipinski definition) is 1. The van der Waals surface area contributed by atoms with Crippen molar-refractivity contribution in [3.63, 3.8) is 0 Å². The molecule has 0 saturated carbocycles. The minimum atomic E-state index is -4.42. The third kappa shape index (κ3) is 5.30. The van der Waals surface area contributed by atoms with E-state index in [0.717, 1.165) is 25.1 Å². The molecule has 7 nitrogen and oxygen atoms in total. The van der Waals surface area contributed by atoms with Gasteiger partial charge in [0.2, 0.25) is 10.0 Å². The first-order chi connectivity index (χ1) is 15.6. The van der Waals surface area contributed by atoms with Crippen molar-refractivity contribution in [2.75, 3.05) is 31.1 Å². The van der Waals surface area contributed by atoms with Crippen LogP contribution < -0.4 is 10.2 Å². The smallest absolute Gasteiger partial charge is 0.356 e. The molecule has 0 atom stereocenters. The van der Waals surface area contributed by atoms with E-state index < -0.39 is 21.8 Å². The van der Waals surface area contributed by atoms with E-state index in [1.54, 1.807) is 0 Å². The fraction of sp³-hybridized carbons (Fsp3) is 0.455. The fourth-order valence-electron chi connectivity index (χ4n) is 4.12. The van der Waals surface area contributed by atoms with Crippen molar-refractivity contribution in [3.05, 3.63) is 53.7 Å². The molecule has 2 aliphatic heterocycles. The van der Waals surface area contributed by atoms with E-state index in [4.69, 9.17) is 0 Å². The van der Waals surface area contributed by atoms with E-state index >= 15 is 0 Å².